The standard InChI is InChI=1S/C19H22NO4S2.BrH/c1-20(2)12-9-11(10-13(20)17-16(12)24-17)23-18(21)19(22,14-5-3-7-25-14)15-6-4-8-26-15;/h3-8,11-13,16-17,22H,9-10H2,1-2H3;1H/q+1;/p-1/i12D,13D,16D,17D;. The highest BCUT2D eigenvalue weighted by atomic mass is 79.9. The van der Waals surface area contributed by atoms with E-state index in [9.17, 15) is 9.90 Å². The maximum absolute atomic E-state index is 13.3. The zero-order valence-corrected chi connectivity index (χ0v) is 18.0. The van der Waals surface area contributed by atoms with E-state index < -0.39 is 41.9 Å². The number of hydrogen-bond acceptors (Lipinski definition) is 6. The van der Waals surface area contributed by atoms with Crippen molar-refractivity contribution in [3.05, 3.63) is 44.8 Å². The lowest BCUT2D eigenvalue weighted by Crippen LogP contribution is -3.00. The lowest BCUT2D eigenvalue weighted by Gasteiger charge is -2.45. The van der Waals surface area contributed by atoms with Gasteiger partial charge in [-0.25, -0.2) is 4.79 Å². The van der Waals surface area contributed by atoms with Gasteiger partial charge in [0.15, 0.2) is 0 Å². The quantitative estimate of drug-likeness (QED) is 0.362. The fourth-order valence-electron chi connectivity index (χ4n) is 3.88. The Balaban J connectivity index is 0.00000231. The average molecular weight is 476 g/mol. The molecule has 4 atom stereocenters. The number of rotatable bonds is 4. The summed E-state index contributed by atoms with van der Waals surface area (Å²) in [6, 6.07) is 3.50. The van der Waals surface area contributed by atoms with Crippen LogP contribution >= 0.6 is 22.7 Å². The molecule has 5 nitrogen and oxygen atoms in total. The molecule has 3 saturated heterocycles. The normalized spacial score (nSPS) is 46.1. The Morgan fingerprint density at radius 2 is 1.74 bits per heavy atom. The molecule has 1 N–H and O–H groups in total. The highest BCUT2D eigenvalue weighted by molar-refractivity contribution is 7.12. The number of epoxide rings is 1. The Labute approximate surface area is 182 Å². The molecule has 3 fully saturated rings. The molecule has 0 aliphatic carbocycles. The molecule has 8 heteroatoms. The lowest BCUT2D eigenvalue weighted by molar-refractivity contribution is -0.938. The summed E-state index contributed by atoms with van der Waals surface area (Å²) < 4.78 is 46.0. The first kappa shape index (κ1) is 15.1. The van der Waals surface area contributed by atoms with E-state index in [4.69, 9.17) is 15.0 Å². The molecule has 4 unspecified atom stereocenters. The van der Waals surface area contributed by atoms with Crippen LogP contribution in [-0.2, 0) is 19.9 Å². The van der Waals surface area contributed by atoms with Crippen LogP contribution in [0, 0.1) is 0 Å². The second-order valence-electron chi connectivity index (χ2n) is 7.21. The molecule has 146 valence electrons. The first-order chi connectivity index (χ1) is 13.9. The molecule has 0 amide bonds. The van der Waals surface area contributed by atoms with E-state index >= 15 is 0 Å². The predicted octanol–water partition coefficient (Wildman–Crippen LogP) is -0.650. The van der Waals surface area contributed by atoms with E-state index in [-0.39, 0.29) is 34.3 Å². The third-order valence-electron chi connectivity index (χ3n) is 5.41. The van der Waals surface area contributed by atoms with Crippen molar-refractivity contribution >= 4 is 28.6 Å². The molecule has 2 bridgehead atoms. The number of piperidine rings is 1. The van der Waals surface area contributed by atoms with Gasteiger partial charge in [0.2, 0.25) is 5.60 Å². The van der Waals surface area contributed by atoms with E-state index in [2.05, 4.69) is 0 Å². The molecule has 2 aromatic rings. The highest BCUT2D eigenvalue weighted by Crippen LogP contribution is 2.52. The number of esters is 1. The van der Waals surface area contributed by atoms with Crippen molar-refractivity contribution in [2.45, 2.75) is 48.7 Å². The number of aliphatic hydroxyl groups is 1. The van der Waals surface area contributed by atoms with Crippen molar-refractivity contribution in [3.63, 3.8) is 0 Å². The largest absolute Gasteiger partial charge is 1.00 e. The SMILES string of the molecule is [2H]C12OC1([2H])C1([2H])CC(OC(=O)C(O)(c3cccs3)c3cccs3)CC2([2H])[N+]1(C)C.[Br-]. The first-order valence-corrected chi connectivity index (χ1v) is 10.2. The van der Waals surface area contributed by atoms with Crippen LogP contribution in [0.25, 0.3) is 0 Å². The van der Waals surface area contributed by atoms with Gasteiger partial charge < -0.3 is 36.0 Å². The zero-order chi connectivity index (χ0) is 21.8. The fraction of sp³-hybridized carbons (Fsp3) is 0.526. The van der Waals surface area contributed by atoms with Gasteiger partial charge in [0.05, 0.1) is 29.3 Å². The number of carbonyl (C=O) groups is 1. The smallest absolute Gasteiger partial charge is 0.349 e. The summed E-state index contributed by atoms with van der Waals surface area (Å²) in [5, 5.41) is 14.9. The van der Waals surface area contributed by atoms with Crippen molar-refractivity contribution < 1.29 is 46.3 Å². The predicted molar refractivity (Wildman–Crippen MR) is 99.1 cm³/mol. The lowest BCUT2D eigenvalue weighted by atomic mass is 9.95. The van der Waals surface area contributed by atoms with Crippen LogP contribution in [-0.4, -0.2) is 60.0 Å². The van der Waals surface area contributed by atoms with Crippen LogP contribution in [0.2, 0.25) is 0 Å². The first-order valence-electron chi connectivity index (χ1n) is 10.4. The Bertz CT molecular complexity index is 958. The van der Waals surface area contributed by atoms with Gasteiger partial charge in [-0.3, -0.25) is 0 Å². The van der Waals surface area contributed by atoms with E-state index in [0.717, 1.165) is 0 Å². The number of morpholine rings is 1. The Morgan fingerprint density at radius 3 is 2.19 bits per heavy atom. The van der Waals surface area contributed by atoms with Crippen LogP contribution in [0.1, 0.15) is 28.1 Å². The minimum Gasteiger partial charge on any atom is -1.00 e. The van der Waals surface area contributed by atoms with Crippen molar-refractivity contribution in [2.24, 2.45) is 0 Å². The van der Waals surface area contributed by atoms with Crippen LogP contribution in [0.3, 0.4) is 0 Å². The van der Waals surface area contributed by atoms with Gasteiger partial charge in [-0.1, -0.05) is 12.1 Å². The zero-order valence-electron chi connectivity index (χ0n) is 18.8. The second-order valence-corrected chi connectivity index (χ2v) is 9.10. The summed E-state index contributed by atoms with van der Waals surface area (Å²) >= 11 is 2.47. The minimum atomic E-state index is -1.98. The Morgan fingerprint density at radius 1 is 1.22 bits per heavy atom. The number of carbonyl (C=O) groups excluding carboxylic acids is 1. The van der Waals surface area contributed by atoms with Gasteiger partial charge in [-0.2, -0.15) is 0 Å². The highest BCUT2D eigenvalue weighted by Gasteiger charge is 2.71. The Hall–Kier alpha value is -0.770. The van der Waals surface area contributed by atoms with E-state index in [1.807, 2.05) is 0 Å². The Kier molecular flexibility index (Phi) is 3.72. The van der Waals surface area contributed by atoms with Crippen LogP contribution in [0.5, 0.6) is 0 Å². The number of hydrogen-bond donors (Lipinski definition) is 1. The van der Waals surface area contributed by atoms with Gasteiger partial charge >= 0.3 is 5.97 Å². The third-order valence-corrected chi connectivity index (χ3v) is 7.37. The van der Waals surface area contributed by atoms with Gasteiger partial charge in [0.1, 0.15) is 30.3 Å². The molecule has 0 radical (unpaired) electrons. The molecule has 2 aromatic heterocycles. The van der Waals surface area contributed by atoms with Crippen molar-refractivity contribution in [3.8, 4) is 0 Å². The molecule has 27 heavy (non-hydrogen) atoms. The number of halogens is 1. The summed E-state index contributed by atoms with van der Waals surface area (Å²) in [5.41, 5.74) is -1.98. The number of likely N-dealkylation sites (N-methyl/N-ethyl adjacent to an activating group) is 1. The van der Waals surface area contributed by atoms with Crippen molar-refractivity contribution in [2.75, 3.05) is 14.1 Å². The van der Waals surface area contributed by atoms with Gasteiger partial charge in [0.25, 0.3) is 0 Å². The molecule has 0 saturated carbocycles. The molecular formula is C19H22BrNO4S2. The summed E-state index contributed by atoms with van der Waals surface area (Å²) in [6.07, 6.45) is -4.71. The third kappa shape index (κ3) is 2.84. The van der Waals surface area contributed by atoms with E-state index in [1.165, 1.54) is 22.7 Å². The summed E-state index contributed by atoms with van der Waals surface area (Å²) in [6.45, 7) is 0. The van der Waals surface area contributed by atoms with Crippen LogP contribution < -0.4 is 17.0 Å². The van der Waals surface area contributed by atoms with E-state index in [0.29, 0.717) is 9.75 Å². The monoisotopic (exact) mass is 475 g/mol. The van der Waals surface area contributed by atoms with Crippen LogP contribution in [0.15, 0.2) is 35.0 Å². The fourth-order valence-corrected chi connectivity index (χ4v) is 5.60. The van der Waals surface area contributed by atoms with Gasteiger partial charge in [0, 0.05) is 12.8 Å². The molecule has 3 aliphatic rings. The molecular weight excluding hydrogens is 450 g/mol. The van der Waals surface area contributed by atoms with Crippen molar-refractivity contribution in [1.29, 1.82) is 0 Å². The average Bonchev–Trinajstić information content (AvgIpc) is 3.18. The van der Waals surface area contributed by atoms with Gasteiger partial charge in [-0.15, -0.1) is 22.7 Å². The molecule has 0 spiro atoms. The van der Waals surface area contributed by atoms with Crippen LogP contribution in [0.4, 0.5) is 0 Å². The summed E-state index contributed by atoms with van der Waals surface area (Å²) in [7, 11) is 3.32. The number of fused-ring (bicyclic) bond motifs is 5. The molecule has 0 aromatic carbocycles. The topological polar surface area (TPSA) is 59.1 Å². The number of nitrogens with zero attached hydrogens (tertiary/aromatic N) is 1. The number of thiophene rings is 2. The molecule has 3 aliphatic heterocycles. The summed E-state index contributed by atoms with van der Waals surface area (Å²) in [5.74, 6) is -0.871. The maximum Gasteiger partial charge on any atom is 0.349 e. The maximum atomic E-state index is 13.3. The van der Waals surface area contributed by atoms with Crippen molar-refractivity contribution in [1.82, 2.24) is 0 Å². The molecule has 5 heterocycles. The second kappa shape index (κ2) is 6.64. The van der Waals surface area contributed by atoms with Gasteiger partial charge in [-0.05, 0) is 22.9 Å². The molecule has 5 rings (SSSR count). The van der Waals surface area contributed by atoms with E-state index in [1.54, 1.807) is 49.1 Å². The minimum absolute atomic E-state index is 0. The number of ether oxygens (including phenoxy) is 2. The number of quaternary nitrogens is 1. The summed E-state index contributed by atoms with van der Waals surface area (Å²) in [4.78, 5) is 14.1.